The molecule has 6 nitrogen and oxygen atoms in total. The monoisotopic (exact) mass is 301 g/mol. The predicted molar refractivity (Wildman–Crippen MR) is 83.1 cm³/mol. The number of carbonyl (C=O) groups excluding carboxylic acids is 2. The Kier molecular flexibility index (Phi) is 5.05. The molecule has 1 fully saturated rings. The topological polar surface area (TPSA) is 66.7 Å². The van der Waals surface area contributed by atoms with Crippen molar-refractivity contribution in [2.45, 2.75) is 25.7 Å². The van der Waals surface area contributed by atoms with Crippen LogP contribution in [0.1, 0.15) is 40.6 Å². The first-order chi connectivity index (χ1) is 10.4. The summed E-state index contributed by atoms with van der Waals surface area (Å²) in [4.78, 5) is 26.9. The number of aryl methyl sites for hydroxylation is 1. The fourth-order valence-corrected chi connectivity index (χ4v) is 2.64. The second-order valence-corrected chi connectivity index (χ2v) is 5.74. The van der Waals surface area contributed by atoms with Gasteiger partial charge in [0.2, 0.25) is 7.85 Å². The Labute approximate surface area is 131 Å². The minimum absolute atomic E-state index is 0.111. The van der Waals surface area contributed by atoms with Gasteiger partial charge in [-0.25, -0.2) is 0 Å². The molecule has 1 aromatic heterocycles. The molecule has 1 amide bonds. The van der Waals surface area contributed by atoms with Crippen molar-refractivity contribution < 1.29 is 14.1 Å². The van der Waals surface area contributed by atoms with Crippen molar-refractivity contribution in [3.8, 4) is 0 Å². The largest absolute Gasteiger partial charge is 0.383 e. The van der Waals surface area contributed by atoms with Crippen LogP contribution < -0.4 is 0 Å². The summed E-state index contributed by atoms with van der Waals surface area (Å²) in [5.74, 6) is 0.125. The molecule has 2 radical (unpaired) electrons. The predicted octanol–water partition coefficient (Wildman–Crippen LogP) is 1.71. The summed E-state index contributed by atoms with van der Waals surface area (Å²) in [6.07, 6.45) is 4.68. The third-order valence-electron chi connectivity index (χ3n) is 3.85. The van der Waals surface area contributed by atoms with Gasteiger partial charge in [-0.1, -0.05) is 5.16 Å². The summed E-state index contributed by atoms with van der Waals surface area (Å²) >= 11 is 0. The van der Waals surface area contributed by atoms with E-state index >= 15 is 0 Å². The standard InChI is InChI=1S/C15H20BN3O3/c1-10-13(12(20)6-7-18(2)3)14(17-22-10)11-4-8-19(9-5-11)15(16)21/h6-7,11H,4-5,8-9H2,1-3H3. The highest BCUT2D eigenvalue weighted by molar-refractivity contribution is 6.56. The number of hydrogen-bond acceptors (Lipinski definition) is 5. The molecule has 0 unspecified atom stereocenters. The lowest BCUT2D eigenvalue weighted by Gasteiger charge is -2.31. The second kappa shape index (κ2) is 6.81. The number of hydrogen-bond donors (Lipinski definition) is 0. The van der Waals surface area contributed by atoms with Gasteiger partial charge in [0, 0.05) is 45.4 Å². The van der Waals surface area contributed by atoms with Crippen LogP contribution in [0, 0.1) is 6.92 Å². The van der Waals surface area contributed by atoms with Gasteiger partial charge in [-0.15, -0.1) is 0 Å². The van der Waals surface area contributed by atoms with Crippen LogP contribution >= 0.6 is 0 Å². The molecule has 0 N–H and O–H groups in total. The summed E-state index contributed by atoms with van der Waals surface area (Å²) in [7, 11) is 8.99. The maximum atomic E-state index is 12.4. The fourth-order valence-electron chi connectivity index (χ4n) is 2.64. The number of aromatic nitrogens is 1. The number of amides is 1. The zero-order valence-corrected chi connectivity index (χ0v) is 13.2. The molecular formula is C15H20BN3O3. The van der Waals surface area contributed by atoms with Gasteiger partial charge < -0.3 is 14.3 Å². The molecule has 0 bridgehead atoms. The molecule has 1 aromatic rings. The number of likely N-dealkylation sites (tertiary alicyclic amines) is 1. The summed E-state index contributed by atoms with van der Waals surface area (Å²) in [5, 5.41) is 4.08. The van der Waals surface area contributed by atoms with Crippen LogP contribution in [-0.4, -0.2) is 61.6 Å². The number of carbonyl (C=O) groups is 2. The maximum absolute atomic E-state index is 12.4. The lowest BCUT2D eigenvalue weighted by atomic mass is 9.88. The lowest BCUT2D eigenvalue weighted by Crippen LogP contribution is -2.37. The average molecular weight is 301 g/mol. The molecule has 0 atom stereocenters. The van der Waals surface area contributed by atoms with Gasteiger partial charge >= 0.3 is 0 Å². The van der Waals surface area contributed by atoms with Gasteiger partial charge in [-0.2, -0.15) is 0 Å². The molecule has 2 heterocycles. The van der Waals surface area contributed by atoms with E-state index in [1.807, 2.05) is 14.1 Å². The normalized spacial score (nSPS) is 16.2. The van der Waals surface area contributed by atoms with E-state index in [0.717, 1.165) is 12.8 Å². The first kappa shape index (κ1) is 16.3. The van der Waals surface area contributed by atoms with E-state index in [4.69, 9.17) is 12.4 Å². The minimum atomic E-state index is -0.403. The van der Waals surface area contributed by atoms with Crippen LogP contribution in [0.3, 0.4) is 0 Å². The van der Waals surface area contributed by atoms with E-state index in [2.05, 4.69) is 5.16 Å². The molecule has 7 heteroatoms. The van der Waals surface area contributed by atoms with Crippen molar-refractivity contribution in [2.75, 3.05) is 27.2 Å². The molecule has 2 rings (SSSR count). The Morgan fingerprint density at radius 2 is 2.00 bits per heavy atom. The van der Waals surface area contributed by atoms with E-state index in [1.165, 1.54) is 6.08 Å². The zero-order chi connectivity index (χ0) is 16.3. The van der Waals surface area contributed by atoms with Crippen molar-refractivity contribution in [1.29, 1.82) is 0 Å². The van der Waals surface area contributed by atoms with E-state index < -0.39 is 5.81 Å². The van der Waals surface area contributed by atoms with Crippen molar-refractivity contribution >= 4 is 19.4 Å². The first-order valence-corrected chi connectivity index (χ1v) is 7.29. The van der Waals surface area contributed by atoms with Gasteiger partial charge in [0.1, 0.15) is 5.76 Å². The number of nitrogens with zero attached hydrogens (tertiary/aromatic N) is 3. The molecular weight excluding hydrogens is 281 g/mol. The van der Waals surface area contributed by atoms with E-state index in [-0.39, 0.29) is 11.7 Å². The van der Waals surface area contributed by atoms with E-state index in [0.29, 0.717) is 30.1 Å². The van der Waals surface area contributed by atoms with Crippen molar-refractivity contribution in [3.63, 3.8) is 0 Å². The Hall–Kier alpha value is -2.05. The summed E-state index contributed by atoms with van der Waals surface area (Å²) in [6, 6.07) is 0. The molecule has 116 valence electrons. The Bertz CT molecular complexity index is 587. The van der Waals surface area contributed by atoms with Crippen LogP contribution in [0.15, 0.2) is 16.8 Å². The van der Waals surface area contributed by atoms with Crippen molar-refractivity contribution in [1.82, 2.24) is 15.0 Å². The first-order valence-electron chi connectivity index (χ1n) is 7.29. The molecule has 0 spiro atoms. The smallest absolute Gasteiger partial charge is 0.200 e. The minimum Gasteiger partial charge on any atom is -0.383 e. The van der Waals surface area contributed by atoms with Gasteiger partial charge in [-0.3, -0.25) is 9.59 Å². The Morgan fingerprint density at radius 1 is 1.36 bits per heavy atom. The highest BCUT2D eigenvalue weighted by Crippen LogP contribution is 2.31. The summed E-state index contributed by atoms with van der Waals surface area (Å²) in [5.41, 5.74) is 1.23. The van der Waals surface area contributed by atoms with Crippen LogP contribution in [0.2, 0.25) is 0 Å². The highest BCUT2D eigenvalue weighted by atomic mass is 16.5. The summed E-state index contributed by atoms with van der Waals surface area (Å²) in [6.45, 7) is 2.89. The molecule has 0 aliphatic carbocycles. The lowest BCUT2D eigenvalue weighted by molar-refractivity contribution is 0.104. The second-order valence-electron chi connectivity index (χ2n) is 5.74. The van der Waals surface area contributed by atoms with Crippen molar-refractivity contribution in [2.24, 2.45) is 0 Å². The number of piperidine rings is 1. The van der Waals surface area contributed by atoms with Crippen molar-refractivity contribution in [3.05, 3.63) is 29.3 Å². The van der Waals surface area contributed by atoms with Gasteiger partial charge in [-0.05, 0) is 19.8 Å². The van der Waals surface area contributed by atoms with Gasteiger partial charge in [0.25, 0.3) is 0 Å². The Balaban J connectivity index is 2.16. The number of ketones is 1. The van der Waals surface area contributed by atoms with Crippen LogP contribution in [0.5, 0.6) is 0 Å². The maximum Gasteiger partial charge on any atom is 0.200 e. The zero-order valence-electron chi connectivity index (χ0n) is 13.2. The summed E-state index contributed by atoms with van der Waals surface area (Å²) < 4.78 is 5.23. The molecule has 1 aliphatic heterocycles. The van der Waals surface area contributed by atoms with Gasteiger partial charge in [0.15, 0.2) is 11.6 Å². The number of allylic oxidation sites excluding steroid dienone is 1. The molecule has 0 saturated carbocycles. The van der Waals surface area contributed by atoms with Crippen LogP contribution in [-0.2, 0) is 0 Å². The molecule has 1 aliphatic rings. The van der Waals surface area contributed by atoms with Gasteiger partial charge in [0.05, 0.1) is 11.3 Å². The average Bonchev–Trinajstić information content (AvgIpc) is 2.86. The molecule has 1 saturated heterocycles. The fraction of sp³-hybridized carbons (Fsp3) is 0.533. The third kappa shape index (κ3) is 3.58. The highest BCUT2D eigenvalue weighted by Gasteiger charge is 2.29. The quantitative estimate of drug-likeness (QED) is 0.481. The van der Waals surface area contributed by atoms with E-state index in [9.17, 15) is 9.59 Å². The third-order valence-corrected chi connectivity index (χ3v) is 3.85. The number of rotatable bonds is 4. The van der Waals surface area contributed by atoms with Crippen LogP contribution in [0.4, 0.5) is 4.79 Å². The molecule has 0 aromatic carbocycles. The van der Waals surface area contributed by atoms with Crippen LogP contribution in [0.25, 0.3) is 0 Å². The Morgan fingerprint density at radius 3 is 2.55 bits per heavy atom. The molecule has 22 heavy (non-hydrogen) atoms. The SMILES string of the molecule is [B]C(=O)N1CCC(c2noc(C)c2C(=O)C=CN(C)C)CC1. The van der Waals surface area contributed by atoms with E-state index in [1.54, 1.807) is 22.9 Å².